The molecule has 1 rings (SSSR count). The van der Waals surface area contributed by atoms with Crippen molar-refractivity contribution in [3.8, 4) is 0 Å². The van der Waals surface area contributed by atoms with Crippen molar-refractivity contribution in [2.75, 3.05) is 25.1 Å². The quantitative estimate of drug-likeness (QED) is 0.742. The summed E-state index contributed by atoms with van der Waals surface area (Å²) in [5.41, 5.74) is 0. The zero-order valence-corrected chi connectivity index (χ0v) is 10.5. The van der Waals surface area contributed by atoms with E-state index in [9.17, 15) is 18.3 Å². The minimum Gasteiger partial charge on any atom is -0.391 e. The molecule has 0 radical (unpaired) electrons. The molecule has 0 spiro atoms. The lowest BCUT2D eigenvalue weighted by Crippen LogP contribution is -2.46. The van der Waals surface area contributed by atoms with Crippen molar-refractivity contribution in [3.05, 3.63) is 0 Å². The largest absolute Gasteiger partial charge is 0.391 e. The highest BCUT2D eigenvalue weighted by atomic mass is 32.2. The number of aliphatic hydroxyl groups is 1. The highest BCUT2D eigenvalue weighted by Crippen LogP contribution is 2.17. The van der Waals surface area contributed by atoms with E-state index in [1.165, 1.54) is 0 Å². The highest BCUT2D eigenvalue weighted by molar-refractivity contribution is 7.90. The molecule has 5 nitrogen and oxygen atoms in total. The van der Waals surface area contributed by atoms with Crippen LogP contribution in [0.2, 0.25) is 0 Å². The van der Waals surface area contributed by atoms with E-state index in [2.05, 4.69) is 0 Å². The molecule has 0 saturated carbocycles. The second-order valence-electron chi connectivity index (χ2n) is 4.55. The lowest BCUT2D eigenvalue weighted by molar-refractivity contribution is -0.135. The Bertz CT molecular complexity index is 352. The summed E-state index contributed by atoms with van der Waals surface area (Å²) in [5, 5.41) is 9.61. The van der Waals surface area contributed by atoms with E-state index in [1.54, 1.807) is 4.90 Å². The van der Waals surface area contributed by atoms with Crippen LogP contribution in [-0.2, 0) is 14.6 Å². The number of sulfone groups is 1. The van der Waals surface area contributed by atoms with Gasteiger partial charge in [-0.25, -0.2) is 8.42 Å². The summed E-state index contributed by atoms with van der Waals surface area (Å²) in [4.78, 5) is 13.2. The molecule has 0 aromatic rings. The topological polar surface area (TPSA) is 74.7 Å². The van der Waals surface area contributed by atoms with Crippen LogP contribution in [-0.4, -0.2) is 55.5 Å². The van der Waals surface area contributed by atoms with Crippen LogP contribution in [0.5, 0.6) is 0 Å². The van der Waals surface area contributed by atoms with Gasteiger partial charge in [-0.2, -0.15) is 0 Å². The van der Waals surface area contributed by atoms with Crippen molar-refractivity contribution in [2.24, 2.45) is 5.92 Å². The Balaban J connectivity index is 2.44. The molecule has 1 aliphatic rings. The summed E-state index contributed by atoms with van der Waals surface area (Å²) in [5.74, 6) is -0.0936. The number of nitrogens with zero attached hydrogens (tertiary/aromatic N) is 1. The van der Waals surface area contributed by atoms with Gasteiger partial charge in [0.25, 0.3) is 0 Å². The molecule has 16 heavy (non-hydrogen) atoms. The maximum Gasteiger partial charge on any atom is 0.223 e. The number of piperidine rings is 1. The van der Waals surface area contributed by atoms with Gasteiger partial charge in [-0.3, -0.25) is 4.79 Å². The molecule has 1 saturated heterocycles. The maximum atomic E-state index is 11.6. The van der Waals surface area contributed by atoms with Gasteiger partial charge in [0.2, 0.25) is 5.91 Å². The van der Waals surface area contributed by atoms with Crippen LogP contribution in [0.3, 0.4) is 0 Å². The molecule has 1 aliphatic heterocycles. The Labute approximate surface area is 96.4 Å². The van der Waals surface area contributed by atoms with Gasteiger partial charge < -0.3 is 10.0 Å². The number of hydrogen-bond acceptors (Lipinski definition) is 4. The lowest BCUT2D eigenvalue weighted by Gasteiger charge is -2.34. The van der Waals surface area contributed by atoms with Gasteiger partial charge >= 0.3 is 0 Å². The van der Waals surface area contributed by atoms with E-state index in [1.807, 2.05) is 6.92 Å². The number of amides is 1. The molecular formula is C10H19NO4S. The molecule has 94 valence electrons. The van der Waals surface area contributed by atoms with Crippen LogP contribution < -0.4 is 0 Å². The normalized spacial score (nSPS) is 26.8. The number of carbonyl (C=O) groups is 1. The Hall–Kier alpha value is -0.620. The number of likely N-dealkylation sites (tertiary alicyclic amines) is 1. The van der Waals surface area contributed by atoms with Gasteiger partial charge in [-0.15, -0.1) is 0 Å². The molecule has 0 aromatic carbocycles. The third-order valence-corrected chi connectivity index (χ3v) is 3.90. The first kappa shape index (κ1) is 13.4. The number of hydrogen-bond donors (Lipinski definition) is 1. The number of aliphatic hydroxyl groups excluding tert-OH is 1. The Morgan fingerprint density at radius 2 is 2.12 bits per heavy atom. The third-order valence-electron chi connectivity index (χ3n) is 2.96. The van der Waals surface area contributed by atoms with Crippen LogP contribution >= 0.6 is 0 Å². The fourth-order valence-electron chi connectivity index (χ4n) is 1.71. The molecule has 6 heteroatoms. The molecule has 1 fully saturated rings. The van der Waals surface area contributed by atoms with Gasteiger partial charge in [0.15, 0.2) is 0 Å². The average molecular weight is 249 g/mol. The monoisotopic (exact) mass is 249 g/mol. The van der Waals surface area contributed by atoms with Crippen LogP contribution in [0.15, 0.2) is 0 Å². The first-order valence-corrected chi connectivity index (χ1v) is 7.49. The van der Waals surface area contributed by atoms with Crippen molar-refractivity contribution in [1.82, 2.24) is 4.90 Å². The van der Waals surface area contributed by atoms with Crippen LogP contribution in [0, 0.1) is 5.92 Å². The van der Waals surface area contributed by atoms with E-state index >= 15 is 0 Å². The van der Waals surface area contributed by atoms with Crippen LogP contribution in [0.4, 0.5) is 0 Å². The molecule has 1 heterocycles. The predicted molar refractivity (Wildman–Crippen MR) is 60.7 cm³/mol. The smallest absolute Gasteiger partial charge is 0.223 e. The van der Waals surface area contributed by atoms with Crippen molar-refractivity contribution in [2.45, 2.75) is 25.9 Å². The molecule has 0 aromatic heterocycles. The Morgan fingerprint density at radius 1 is 1.50 bits per heavy atom. The van der Waals surface area contributed by atoms with E-state index in [0.717, 1.165) is 12.7 Å². The fraction of sp³-hybridized carbons (Fsp3) is 0.900. The van der Waals surface area contributed by atoms with E-state index in [0.29, 0.717) is 13.1 Å². The SMILES string of the molecule is CC1CCN(C(=O)CCS(C)(=O)=O)CC1O. The molecular weight excluding hydrogens is 230 g/mol. The summed E-state index contributed by atoms with van der Waals surface area (Å²) in [6.45, 7) is 2.88. The minimum absolute atomic E-state index is 0.0138. The maximum absolute atomic E-state index is 11.6. The van der Waals surface area contributed by atoms with E-state index in [-0.39, 0.29) is 24.0 Å². The van der Waals surface area contributed by atoms with Crippen molar-refractivity contribution < 1.29 is 18.3 Å². The second kappa shape index (κ2) is 5.14. The summed E-state index contributed by atoms with van der Waals surface area (Å²) < 4.78 is 21.8. The summed E-state index contributed by atoms with van der Waals surface area (Å²) in [6.07, 6.45) is 1.41. The number of carbonyl (C=O) groups excluding carboxylic acids is 1. The second-order valence-corrected chi connectivity index (χ2v) is 6.81. The molecule has 1 amide bonds. The van der Waals surface area contributed by atoms with Gasteiger partial charge in [0.05, 0.1) is 11.9 Å². The summed E-state index contributed by atoms with van der Waals surface area (Å²) in [6, 6.07) is 0. The third kappa shape index (κ3) is 4.09. The average Bonchev–Trinajstić information content (AvgIpc) is 2.17. The predicted octanol–water partition coefficient (Wildman–Crippen LogP) is -0.350. The standard InChI is InChI=1S/C10H19NO4S/c1-8-3-5-11(7-9(8)12)10(13)4-6-16(2,14)15/h8-9,12H,3-7H2,1-2H3. The lowest BCUT2D eigenvalue weighted by atomic mass is 9.96. The number of β-amino-alcohol motifs (C(OH)–C–C–N with tert-alkyl or cyclic N) is 1. The molecule has 2 unspecified atom stereocenters. The summed E-state index contributed by atoms with van der Waals surface area (Å²) in [7, 11) is -3.09. The van der Waals surface area contributed by atoms with Crippen molar-refractivity contribution in [1.29, 1.82) is 0 Å². The van der Waals surface area contributed by atoms with E-state index in [4.69, 9.17) is 0 Å². The molecule has 2 atom stereocenters. The minimum atomic E-state index is -3.09. The first-order valence-electron chi connectivity index (χ1n) is 5.43. The van der Waals surface area contributed by atoms with Gasteiger partial charge in [0.1, 0.15) is 9.84 Å². The molecule has 0 bridgehead atoms. The van der Waals surface area contributed by atoms with Crippen molar-refractivity contribution >= 4 is 15.7 Å². The van der Waals surface area contributed by atoms with Gasteiger partial charge in [0, 0.05) is 25.8 Å². The first-order chi connectivity index (χ1) is 7.29. The molecule has 0 aliphatic carbocycles. The molecule has 1 N–H and O–H groups in total. The van der Waals surface area contributed by atoms with Crippen molar-refractivity contribution in [3.63, 3.8) is 0 Å². The highest BCUT2D eigenvalue weighted by Gasteiger charge is 2.27. The zero-order valence-electron chi connectivity index (χ0n) is 9.72. The zero-order chi connectivity index (χ0) is 12.3. The van der Waals surface area contributed by atoms with Crippen LogP contribution in [0.1, 0.15) is 19.8 Å². The summed E-state index contributed by atoms with van der Waals surface area (Å²) >= 11 is 0. The van der Waals surface area contributed by atoms with Crippen LogP contribution in [0.25, 0.3) is 0 Å². The number of rotatable bonds is 3. The van der Waals surface area contributed by atoms with Gasteiger partial charge in [-0.05, 0) is 12.3 Å². The van der Waals surface area contributed by atoms with Gasteiger partial charge in [-0.1, -0.05) is 6.92 Å². The Morgan fingerprint density at radius 3 is 2.62 bits per heavy atom. The Kier molecular flexibility index (Phi) is 4.32. The van der Waals surface area contributed by atoms with E-state index < -0.39 is 15.9 Å². The fourth-order valence-corrected chi connectivity index (χ4v) is 2.25.